The van der Waals surface area contributed by atoms with Crippen molar-refractivity contribution in [2.75, 3.05) is 18.4 Å². The average Bonchev–Trinajstić information content (AvgIpc) is 3.25. The predicted octanol–water partition coefficient (Wildman–Crippen LogP) is 4.22. The summed E-state index contributed by atoms with van der Waals surface area (Å²) in [5, 5.41) is 15.9. The maximum absolute atomic E-state index is 12.8. The van der Waals surface area contributed by atoms with E-state index in [1.165, 1.54) is 5.52 Å². The molecular formula is C21H30Cl2N6O. The van der Waals surface area contributed by atoms with Crippen molar-refractivity contribution in [1.82, 2.24) is 24.9 Å². The smallest absolute Gasteiger partial charge is 0.278 e. The first kappa shape index (κ1) is 24.2. The van der Waals surface area contributed by atoms with Gasteiger partial charge in [-0.15, -0.1) is 29.9 Å². The Morgan fingerprint density at radius 2 is 1.97 bits per heavy atom. The molecule has 0 unspecified atom stereocenters. The third-order valence-corrected chi connectivity index (χ3v) is 5.39. The van der Waals surface area contributed by atoms with Gasteiger partial charge in [0.1, 0.15) is 0 Å². The van der Waals surface area contributed by atoms with Crippen molar-refractivity contribution < 1.29 is 4.79 Å². The van der Waals surface area contributed by atoms with Crippen LogP contribution in [-0.4, -0.2) is 38.6 Å². The Hall–Kier alpha value is -2.09. The fourth-order valence-corrected chi connectivity index (χ4v) is 3.97. The van der Waals surface area contributed by atoms with Gasteiger partial charge in [-0.2, -0.15) is 0 Å². The molecule has 30 heavy (non-hydrogen) atoms. The highest BCUT2D eigenvalue weighted by Gasteiger charge is 2.23. The zero-order valence-corrected chi connectivity index (χ0v) is 19.2. The Morgan fingerprint density at radius 3 is 2.67 bits per heavy atom. The number of fused-ring (bicyclic) bond motifs is 1. The Morgan fingerprint density at radius 1 is 1.23 bits per heavy atom. The van der Waals surface area contributed by atoms with Crippen molar-refractivity contribution in [3.8, 4) is 0 Å². The van der Waals surface area contributed by atoms with E-state index in [4.69, 9.17) is 0 Å². The molecule has 0 spiro atoms. The summed E-state index contributed by atoms with van der Waals surface area (Å²) in [6.07, 6.45) is 4.12. The van der Waals surface area contributed by atoms with E-state index in [2.05, 4.69) is 57.7 Å². The Kier molecular flexibility index (Phi) is 8.29. The van der Waals surface area contributed by atoms with Gasteiger partial charge in [-0.3, -0.25) is 4.79 Å². The number of halogens is 2. The number of hydrogen-bond acceptors (Lipinski definition) is 4. The highest BCUT2D eigenvalue weighted by atomic mass is 35.5. The fourth-order valence-electron chi connectivity index (χ4n) is 3.97. The van der Waals surface area contributed by atoms with Crippen LogP contribution in [0.1, 0.15) is 48.9 Å². The summed E-state index contributed by atoms with van der Waals surface area (Å²) in [5.74, 6) is 0.374. The van der Waals surface area contributed by atoms with Crippen LogP contribution in [-0.2, 0) is 6.54 Å². The number of nitrogens with zero attached hydrogens (tertiary/aromatic N) is 4. The van der Waals surface area contributed by atoms with Crippen LogP contribution in [0.15, 0.2) is 30.5 Å². The van der Waals surface area contributed by atoms with E-state index in [-0.39, 0.29) is 30.7 Å². The van der Waals surface area contributed by atoms with E-state index in [1.807, 2.05) is 23.7 Å². The second-order valence-electron chi connectivity index (χ2n) is 8.04. The lowest BCUT2D eigenvalue weighted by molar-refractivity contribution is 0.102. The van der Waals surface area contributed by atoms with Gasteiger partial charge >= 0.3 is 0 Å². The fraction of sp³-hybridized carbons (Fsp3) is 0.476. The maximum Gasteiger partial charge on any atom is 0.278 e. The zero-order valence-electron chi connectivity index (χ0n) is 17.6. The van der Waals surface area contributed by atoms with Gasteiger partial charge in [0.2, 0.25) is 0 Å². The van der Waals surface area contributed by atoms with Crippen LogP contribution in [0.5, 0.6) is 0 Å². The highest BCUT2D eigenvalue weighted by molar-refractivity contribution is 6.04. The molecule has 1 saturated heterocycles. The van der Waals surface area contributed by atoms with Crippen LogP contribution in [0.2, 0.25) is 0 Å². The second-order valence-corrected chi connectivity index (χ2v) is 8.04. The van der Waals surface area contributed by atoms with Crippen LogP contribution in [0.4, 0.5) is 5.69 Å². The lowest BCUT2D eigenvalue weighted by atomic mass is 10.1. The summed E-state index contributed by atoms with van der Waals surface area (Å²) in [5.41, 5.74) is 3.18. The van der Waals surface area contributed by atoms with E-state index in [9.17, 15) is 4.79 Å². The summed E-state index contributed by atoms with van der Waals surface area (Å²) in [4.78, 5) is 12.8. The van der Waals surface area contributed by atoms with Gasteiger partial charge in [-0.1, -0.05) is 19.1 Å². The van der Waals surface area contributed by atoms with E-state index in [0.29, 0.717) is 17.7 Å². The highest BCUT2D eigenvalue weighted by Crippen LogP contribution is 2.23. The molecule has 1 fully saturated rings. The molecule has 3 aromatic rings. The van der Waals surface area contributed by atoms with Gasteiger partial charge in [-0.25, -0.2) is 4.68 Å². The van der Waals surface area contributed by atoms with E-state index in [1.54, 1.807) is 0 Å². The van der Waals surface area contributed by atoms with Gasteiger partial charge in [-0.05, 0) is 63.0 Å². The van der Waals surface area contributed by atoms with Crippen LogP contribution < -0.4 is 10.6 Å². The number of anilines is 1. The topological polar surface area (TPSA) is 76.8 Å². The first-order valence-electron chi connectivity index (χ1n) is 10.1. The summed E-state index contributed by atoms with van der Waals surface area (Å²) < 4.78 is 4.16. The first-order valence-corrected chi connectivity index (χ1v) is 10.1. The Bertz CT molecular complexity index is 991. The lowest BCUT2D eigenvalue weighted by Crippen LogP contribution is -2.30. The van der Waals surface area contributed by atoms with Crippen molar-refractivity contribution in [2.45, 2.75) is 46.2 Å². The predicted molar refractivity (Wildman–Crippen MR) is 125 cm³/mol. The summed E-state index contributed by atoms with van der Waals surface area (Å²) >= 11 is 0. The standard InChI is InChI=1S/C21H28N6O.2ClH/c1-14(2)13-26-11-8-16-12-17(4-5-19(16)26)23-21(28)20-15(3)27(25-24-20)18-6-9-22-10-7-18;;/h4-5,8,11-12,14,18,22H,6-7,9-10,13H2,1-3H3,(H,23,28);2*1H. The number of piperidine rings is 1. The molecule has 7 nitrogen and oxygen atoms in total. The maximum atomic E-state index is 12.8. The van der Waals surface area contributed by atoms with Crippen LogP contribution in [0.3, 0.4) is 0 Å². The van der Waals surface area contributed by atoms with Crippen molar-refractivity contribution in [1.29, 1.82) is 0 Å². The minimum Gasteiger partial charge on any atom is -0.347 e. The third kappa shape index (κ3) is 4.96. The number of benzene rings is 1. The molecule has 9 heteroatoms. The number of hydrogen-bond donors (Lipinski definition) is 2. The monoisotopic (exact) mass is 452 g/mol. The van der Waals surface area contributed by atoms with Gasteiger partial charge in [0.05, 0.1) is 11.7 Å². The van der Waals surface area contributed by atoms with Crippen molar-refractivity contribution in [3.05, 3.63) is 41.9 Å². The van der Waals surface area contributed by atoms with Crippen molar-refractivity contribution in [2.24, 2.45) is 5.92 Å². The molecule has 0 atom stereocenters. The van der Waals surface area contributed by atoms with E-state index >= 15 is 0 Å². The van der Waals surface area contributed by atoms with E-state index < -0.39 is 0 Å². The molecular weight excluding hydrogens is 423 g/mol. The molecule has 0 aliphatic carbocycles. The third-order valence-electron chi connectivity index (χ3n) is 5.39. The minimum atomic E-state index is -0.210. The molecule has 1 aromatic carbocycles. The number of amides is 1. The molecule has 1 amide bonds. The number of aromatic nitrogens is 4. The minimum absolute atomic E-state index is 0. The molecule has 2 aromatic heterocycles. The van der Waals surface area contributed by atoms with Crippen molar-refractivity contribution in [3.63, 3.8) is 0 Å². The molecule has 3 heterocycles. The first-order chi connectivity index (χ1) is 13.5. The SMILES string of the molecule is Cc1c(C(=O)Nc2ccc3c(ccn3CC(C)C)c2)nnn1C1CCNCC1.Cl.Cl. The Labute approximate surface area is 189 Å². The summed E-state index contributed by atoms with van der Waals surface area (Å²) in [6, 6.07) is 8.42. The Balaban J connectivity index is 0.00000160. The molecule has 0 saturated carbocycles. The van der Waals surface area contributed by atoms with Crippen LogP contribution in [0, 0.1) is 12.8 Å². The molecule has 1 aliphatic heterocycles. The number of carbonyl (C=O) groups excluding carboxylic acids is 1. The van der Waals surface area contributed by atoms with Gasteiger partial charge < -0.3 is 15.2 Å². The zero-order chi connectivity index (χ0) is 19.7. The number of nitrogens with one attached hydrogen (secondary N) is 2. The quantitative estimate of drug-likeness (QED) is 0.607. The normalized spacial score (nSPS) is 14.4. The van der Waals surface area contributed by atoms with Crippen LogP contribution >= 0.6 is 24.8 Å². The van der Waals surface area contributed by atoms with E-state index in [0.717, 1.165) is 49.2 Å². The van der Waals surface area contributed by atoms with Gasteiger partial charge in [0.15, 0.2) is 5.69 Å². The molecule has 164 valence electrons. The molecule has 0 radical (unpaired) electrons. The van der Waals surface area contributed by atoms with Crippen LogP contribution in [0.25, 0.3) is 10.9 Å². The second kappa shape index (κ2) is 10.3. The molecule has 4 rings (SSSR count). The number of rotatable bonds is 5. The average molecular weight is 453 g/mol. The summed E-state index contributed by atoms with van der Waals surface area (Å²) in [6.45, 7) is 9.27. The molecule has 2 N–H and O–H groups in total. The largest absolute Gasteiger partial charge is 0.347 e. The van der Waals surface area contributed by atoms with Gasteiger partial charge in [0, 0.05) is 29.3 Å². The number of carbonyl (C=O) groups is 1. The van der Waals surface area contributed by atoms with Crippen molar-refractivity contribution >= 4 is 47.3 Å². The molecule has 1 aliphatic rings. The molecule has 0 bridgehead atoms. The lowest BCUT2D eigenvalue weighted by Gasteiger charge is -2.23. The summed E-state index contributed by atoms with van der Waals surface area (Å²) in [7, 11) is 0. The van der Waals surface area contributed by atoms with Gasteiger partial charge in [0.25, 0.3) is 5.91 Å².